The first-order valence-corrected chi connectivity index (χ1v) is 13.8. The Bertz CT molecular complexity index is 1470. The summed E-state index contributed by atoms with van der Waals surface area (Å²) in [7, 11) is 4.69. The largest absolute Gasteiger partial charge is 0.507 e. The molecule has 12 nitrogen and oxygen atoms in total. The first-order valence-electron chi connectivity index (χ1n) is 13.8. The normalized spacial score (nSPS) is 30.5. The number of aliphatic hydroxyl groups is 2. The Morgan fingerprint density at radius 2 is 1.71 bits per heavy atom. The highest BCUT2D eigenvalue weighted by atomic mass is 16.7. The number of carbonyl (C=O) groups is 3. The van der Waals surface area contributed by atoms with Crippen molar-refractivity contribution in [3.05, 3.63) is 51.6 Å². The van der Waals surface area contributed by atoms with Crippen molar-refractivity contribution in [2.75, 3.05) is 21.2 Å². The summed E-state index contributed by atoms with van der Waals surface area (Å²) in [6.45, 7) is 3.30. The molecule has 7 atom stereocenters. The summed E-state index contributed by atoms with van der Waals surface area (Å²) in [5.74, 6) is -6.22. The highest BCUT2D eigenvalue weighted by Gasteiger charge is 2.55. The van der Waals surface area contributed by atoms with Crippen LogP contribution in [0.5, 0.6) is 17.2 Å². The Hall–Kier alpha value is -3.55. The second kappa shape index (κ2) is 10.6. The van der Waals surface area contributed by atoms with Gasteiger partial charge in [0.25, 0.3) is 0 Å². The Morgan fingerprint density at radius 3 is 2.33 bits per heavy atom. The monoisotopic (exact) mass is 585 g/mol. The molecular formula is C30H35NO11. The molecule has 42 heavy (non-hydrogen) atoms. The molecule has 3 aliphatic rings. The number of carbonyl (C=O) groups excluding carboxylic acids is 3. The average Bonchev–Trinajstić information content (AvgIpc) is 2.94. The van der Waals surface area contributed by atoms with E-state index in [1.54, 1.807) is 27.9 Å². The molecule has 0 saturated carbocycles. The van der Waals surface area contributed by atoms with Crippen LogP contribution < -0.4 is 0 Å². The molecule has 1 aliphatic heterocycles. The molecule has 2 aromatic carbocycles. The van der Waals surface area contributed by atoms with E-state index in [1.807, 2.05) is 4.90 Å². The highest BCUT2D eigenvalue weighted by Crippen LogP contribution is 2.57. The van der Waals surface area contributed by atoms with E-state index in [0.717, 1.165) is 7.11 Å². The zero-order valence-corrected chi connectivity index (χ0v) is 24.0. The first kappa shape index (κ1) is 29.9. The number of aromatic hydroxyl groups is 3. The molecule has 5 rings (SSSR count). The second-order valence-corrected chi connectivity index (χ2v) is 11.4. The molecule has 2 aromatic rings. The van der Waals surface area contributed by atoms with Crippen LogP contribution in [0.3, 0.4) is 0 Å². The van der Waals surface area contributed by atoms with Crippen LogP contribution in [-0.4, -0.2) is 99.3 Å². The zero-order valence-electron chi connectivity index (χ0n) is 24.0. The van der Waals surface area contributed by atoms with E-state index in [2.05, 4.69) is 0 Å². The van der Waals surface area contributed by atoms with Gasteiger partial charge in [0.2, 0.25) is 5.78 Å². The number of phenolic OH excluding ortho intramolecular Hbond substituents is 3. The average molecular weight is 586 g/mol. The number of ketones is 2. The molecule has 0 bridgehead atoms. The quantitative estimate of drug-likeness (QED) is 0.217. The number of esters is 1. The summed E-state index contributed by atoms with van der Waals surface area (Å²) in [5, 5.41) is 56.2. The van der Waals surface area contributed by atoms with E-state index < -0.39 is 82.0 Å². The van der Waals surface area contributed by atoms with Crippen molar-refractivity contribution in [1.82, 2.24) is 4.90 Å². The van der Waals surface area contributed by atoms with E-state index in [4.69, 9.17) is 14.2 Å². The minimum Gasteiger partial charge on any atom is -0.507 e. The number of ether oxygens (including phenoxy) is 3. The minimum absolute atomic E-state index is 0.00605. The van der Waals surface area contributed by atoms with E-state index in [-0.39, 0.29) is 47.6 Å². The third-order valence-corrected chi connectivity index (χ3v) is 8.88. The first-order chi connectivity index (χ1) is 19.8. The Morgan fingerprint density at radius 1 is 1.07 bits per heavy atom. The summed E-state index contributed by atoms with van der Waals surface area (Å²) in [4.78, 5) is 42.3. The maximum Gasteiger partial charge on any atom is 0.316 e. The number of fused-ring (bicyclic) bond motifs is 3. The molecule has 5 N–H and O–H groups in total. The van der Waals surface area contributed by atoms with E-state index in [9.17, 15) is 39.9 Å². The van der Waals surface area contributed by atoms with Crippen molar-refractivity contribution in [2.24, 2.45) is 0 Å². The predicted molar refractivity (Wildman–Crippen MR) is 146 cm³/mol. The molecule has 0 spiro atoms. The van der Waals surface area contributed by atoms with Crippen molar-refractivity contribution >= 4 is 17.5 Å². The van der Waals surface area contributed by atoms with Gasteiger partial charge in [-0.1, -0.05) is 19.1 Å². The fourth-order valence-corrected chi connectivity index (χ4v) is 6.59. The number of hydrogen-bond donors (Lipinski definition) is 5. The number of rotatable bonds is 5. The van der Waals surface area contributed by atoms with Crippen LogP contribution in [0.4, 0.5) is 0 Å². The van der Waals surface area contributed by atoms with Gasteiger partial charge in [-0.05, 0) is 33.5 Å². The fraction of sp³-hybridized carbons (Fsp3) is 0.500. The van der Waals surface area contributed by atoms with Crippen molar-refractivity contribution in [1.29, 1.82) is 0 Å². The van der Waals surface area contributed by atoms with Crippen molar-refractivity contribution in [2.45, 2.75) is 75.3 Å². The van der Waals surface area contributed by atoms with Gasteiger partial charge in [-0.2, -0.15) is 0 Å². The molecular weight excluding hydrogens is 550 g/mol. The van der Waals surface area contributed by atoms with E-state index >= 15 is 0 Å². The standard InChI is InChI=1S/C30H35NO11/c1-6-30(39)11-16(42-17-10-14(31(3)4)24(33)12(2)41-17)19-20(23(30)29(38)40-5)28(37)21-22(27(19)36)26(35)18-13(25(21)34)8-7-9-15(18)32/h7-9,12,14,16-17,23-24,32-33,36-37,39H,6,10-11H2,1-5H3/t12-,14-,16?,17-,23-,24+,30+/m0/s1. The number of nitrogens with zero attached hydrogens (tertiary/aromatic N) is 1. The summed E-state index contributed by atoms with van der Waals surface area (Å²) < 4.78 is 17.2. The zero-order chi connectivity index (χ0) is 30.8. The molecule has 1 heterocycles. The maximum atomic E-state index is 13.7. The third kappa shape index (κ3) is 4.36. The summed E-state index contributed by atoms with van der Waals surface area (Å²) in [6.07, 6.45) is -3.73. The van der Waals surface area contributed by atoms with Gasteiger partial charge < -0.3 is 44.6 Å². The lowest BCUT2D eigenvalue weighted by Gasteiger charge is -2.46. The molecule has 0 radical (unpaired) electrons. The Kier molecular flexibility index (Phi) is 7.57. The molecule has 1 fully saturated rings. The van der Waals surface area contributed by atoms with Crippen LogP contribution in [-0.2, 0) is 19.0 Å². The molecule has 0 amide bonds. The number of phenols is 3. The topological polar surface area (TPSA) is 183 Å². The molecule has 2 aliphatic carbocycles. The van der Waals surface area contributed by atoms with Gasteiger partial charge in [0, 0.05) is 35.6 Å². The van der Waals surface area contributed by atoms with Gasteiger partial charge in [0.1, 0.15) is 23.2 Å². The van der Waals surface area contributed by atoms with Crippen LogP contribution in [0, 0.1) is 0 Å². The maximum absolute atomic E-state index is 13.7. The second-order valence-electron chi connectivity index (χ2n) is 11.4. The molecule has 1 unspecified atom stereocenters. The molecule has 1 saturated heterocycles. The van der Waals surface area contributed by atoms with Gasteiger partial charge in [0.15, 0.2) is 12.1 Å². The van der Waals surface area contributed by atoms with Gasteiger partial charge >= 0.3 is 5.97 Å². The summed E-state index contributed by atoms with van der Waals surface area (Å²) >= 11 is 0. The van der Waals surface area contributed by atoms with Crippen molar-refractivity contribution in [3.8, 4) is 17.2 Å². The van der Waals surface area contributed by atoms with E-state index in [1.165, 1.54) is 18.2 Å². The van der Waals surface area contributed by atoms with Crippen LogP contribution in [0.1, 0.15) is 88.1 Å². The Balaban J connectivity index is 1.73. The summed E-state index contributed by atoms with van der Waals surface area (Å²) in [5.41, 5.74) is -3.96. The van der Waals surface area contributed by atoms with Crippen molar-refractivity contribution < 1.29 is 54.1 Å². The highest BCUT2D eigenvalue weighted by molar-refractivity contribution is 6.31. The lowest BCUT2D eigenvalue weighted by Crippen LogP contribution is -2.54. The van der Waals surface area contributed by atoms with Crippen LogP contribution in [0.15, 0.2) is 18.2 Å². The van der Waals surface area contributed by atoms with Crippen LogP contribution >= 0.6 is 0 Å². The van der Waals surface area contributed by atoms with Gasteiger partial charge in [0.05, 0.1) is 47.7 Å². The molecule has 12 heteroatoms. The Labute approximate surface area is 242 Å². The van der Waals surface area contributed by atoms with Gasteiger partial charge in [-0.25, -0.2) is 0 Å². The predicted octanol–water partition coefficient (Wildman–Crippen LogP) is 1.86. The number of benzene rings is 2. The summed E-state index contributed by atoms with van der Waals surface area (Å²) in [6, 6.07) is 3.53. The number of methoxy groups -OCH3 is 1. The van der Waals surface area contributed by atoms with Crippen LogP contribution in [0.2, 0.25) is 0 Å². The van der Waals surface area contributed by atoms with E-state index in [0.29, 0.717) is 0 Å². The number of hydrogen-bond acceptors (Lipinski definition) is 12. The molecule has 0 aromatic heterocycles. The van der Waals surface area contributed by atoms with Crippen molar-refractivity contribution in [3.63, 3.8) is 0 Å². The SMILES string of the molecule is CC[C@@]1(O)CC(O[C@H]2C[C@H](N(C)C)[C@H](O)[C@H](C)O2)c2c(O)c3c(c(O)c2[C@H]1C(=O)OC)C(=O)c1cccc(O)c1C3=O. The lowest BCUT2D eigenvalue weighted by atomic mass is 9.66. The molecule has 226 valence electrons. The smallest absolute Gasteiger partial charge is 0.316 e. The van der Waals surface area contributed by atoms with Gasteiger partial charge in [-0.3, -0.25) is 14.4 Å². The number of likely N-dealkylation sites (N-methyl/N-ethyl adjacent to an activating group) is 1. The third-order valence-electron chi connectivity index (χ3n) is 8.88. The minimum atomic E-state index is -1.86. The van der Waals surface area contributed by atoms with Gasteiger partial charge in [-0.15, -0.1) is 0 Å². The lowest BCUT2D eigenvalue weighted by molar-refractivity contribution is -0.258. The number of aliphatic hydroxyl groups excluding tert-OH is 1. The van der Waals surface area contributed by atoms with Crippen LogP contribution in [0.25, 0.3) is 0 Å². The fourth-order valence-electron chi connectivity index (χ4n) is 6.59.